The Hall–Kier alpha value is -1.91. The molecule has 1 aromatic carbocycles. The van der Waals surface area contributed by atoms with E-state index in [1.807, 2.05) is 17.0 Å². The maximum Gasteiger partial charge on any atom is 0.241 e. The highest BCUT2D eigenvalue weighted by molar-refractivity contribution is 5.81. The van der Waals surface area contributed by atoms with Gasteiger partial charge in [0.2, 0.25) is 5.91 Å². The van der Waals surface area contributed by atoms with E-state index in [0.29, 0.717) is 12.3 Å². The lowest BCUT2D eigenvalue weighted by atomic mass is 10.2. The Labute approximate surface area is 113 Å². The summed E-state index contributed by atoms with van der Waals surface area (Å²) in [4.78, 5) is 13.8. The van der Waals surface area contributed by atoms with E-state index in [0.717, 1.165) is 37.4 Å². The Morgan fingerprint density at radius 2 is 2.00 bits per heavy atom. The van der Waals surface area contributed by atoms with Gasteiger partial charge < -0.3 is 19.7 Å². The zero-order valence-corrected chi connectivity index (χ0v) is 11.4. The first kappa shape index (κ1) is 13.5. The van der Waals surface area contributed by atoms with Gasteiger partial charge in [0.1, 0.15) is 11.5 Å². The van der Waals surface area contributed by atoms with Gasteiger partial charge in [-0.3, -0.25) is 4.79 Å². The molecule has 1 amide bonds. The van der Waals surface area contributed by atoms with Crippen molar-refractivity contribution in [1.29, 1.82) is 0 Å². The number of nitrogens with zero attached hydrogens (tertiary/aromatic N) is 1. The fraction of sp³-hybridized carbons (Fsp3) is 0.500. The molecule has 2 rings (SSSR count). The third kappa shape index (κ3) is 3.30. The van der Waals surface area contributed by atoms with Gasteiger partial charge in [0, 0.05) is 19.2 Å². The van der Waals surface area contributed by atoms with E-state index in [9.17, 15) is 4.79 Å². The van der Waals surface area contributed by atoms with Crippen LogP contribution in [0.15, 0.2) is 18.2 Å². The predicted molar refractivity (Wildman–Crippen MR) is 73.8 cm³/mol. The lowest BCUT2D eigenvalue weighted by molar-refractivity contribution is -0.128. The molecule has 5 heteroatoms. The van der Waals surface area contributed by atoms with E-state index in [-0.39, 0.29) is 5.91 Å². The second-order valence-corrected chi connectivity index (χ2v) is 4.51. The molecule has 0 radical (unpaired) electrons. The average molecular weight is 264 g/mol. The first-order chi connectivity index (χ1) is 9.24. The number of carbonyl (C=O) groups excluding carboxylic acids is 1. The van der Waals surface area contributed by atoms with Gasteiger partial charge in [-0.15, -0.1) is 0 Å². The molecule has 1 aromatic rings. The van der Waals surface area contributed by atoms with E-state index < -0.39 is 0 Å². The van der Waals surface area contributed by atoms with Crippen LogP contribution in [0.3, 0.4) is 0 Å². The van der Waals surface area contributed by atoms with Gasteiger partial charge in [-0.05, 0) is 25.0 Å². The number of rotatable bonds is 5. The topological polar surface area (TPSA) is 50.8 Å². The molecule has 0 spiro atoms. The van der Waals surface area contributed by atoms with Gasteiger partial charge >= 0.3 is 0 Å². The Kier molecular flexibility index (Phi) is 4.49. The molecule has 1 aliphatic rings. The van der Waals surface area contributed by atoms with Gasteiger partial charge in [0.15, 0.2) is 0 Å². The predicted octanol–water partition coefficient (Wildman–Crippen LogP) is 1.74. The minimum atomic E-state index is 0.135. The summed E-state index contributed by atoms with van der Waals surface area (Å²) in [6, 6.07) is 5.49. The van der Waals surface area contributed by atoms with Crippen LogP contribution in [0.1, 0.15) is 12.8 Å². The van der Waals surface area contributed by atoms with E-state index in [4.69, 9.17) is 9.47 Å². The zero-order chi connectivity index (χ0) is 13.7. The minimum Gasteiger partial charge on any atom is -0.497 e. The van der Waals surface area contributed by atoms with E-state index in [2.05, 4.69) is 5.32 Å². The minimum absolute atomic E-state index is 0.135. The van der Waals surface area contributed by atoms with Crippen LogP contribution in [-0.2, 0) is 4.79 Å². The standard InChI is InChI=1S/C14H20N2O3/c1-18-11-5-6-12(13(9-11)19-2)15-10-14(17)16-7-3-4-8-16/h5-6,9,15H,3-4,7-8,10H2,1-2H3. The smallest absolute Gasteiger partial charge is 0.241 e. The Bertz CT molecular complexity index is 442. The van der Waals surface area contributed by atoms with Crippen molar-refractivity contribution in [1.82, 2.24) is 4.90 Å². The molecule has 0 aliphatic carbocycles. The van der Waals surface area contributed by atoms with Crippen molar-refractivity contribution in [2.75, 3.05) is 39.2 Å². The number of anilines is 1. The Morgan fingerprint density at radius 1 is 1.26 bits per heavy atom. The summed E-state index contributed by atoms with van der Waals surface area (Å²) in [6.45, 7) is 2.04. The molecule has 0 aromatic heterocycles. The Morgan fingerprint density at radius 3 is 2.63 bits per heavy atom. The van der Waals surface area contributed by atoms with Crippen molar-refractivity contribution in [2.24, 2.45) is 0 Å². The van der Waals surface area contributed by atoms with Crippen LogP contribution in [0.5, 0.6) is 11.5 Å². The van der Waals surface area contributed by atoms with Crippen LogP contribution in [-0.4, -0.2) is 44.7 Å². The van der Waals surface area contributed by atoms with Crippen LogP contribution in [0.2, 0.25) is 0 Å². The van der Waals surface area contributed by atoms with Gasteiger partial charge in [-0.2, -0.15) is 0 Å². The normalized spacial score (nSPS) is 14.3. The van der Waals surface area contributed by atoms with Crippen LogP contribution in [0.25, 0.3) is 0 Å². The monoisotopic (exact) mass is 264 g/mol. The number of hydrogen-bond donors (Lipinski definition) is 1. The summed E-state index contributed by atoms with van der Waals surface area (Å²) in [5, 5.41) is 3.12. The lowest BCUT2D eigenvalue weighted by Crippen LogP contribution is -2.33. The van der Waals surface area contributed by atoms with Gasteiger partial charge in [0.05, 0.1) is 26.5 Å². The number of methoxy groups -OCH3 is 2. The number of amides is 1. The largest absolute Gasteiger partial charge is 0.497 e. The fourth-order valence-corrected chi connectivity index (χ4v) is 2.19. The summed E-state index contributed by atoms with van der Waals surface area (Å²) in [5.74, 6) is 1.54. The average Bonchev–Trinajstić information content (AvgIpc) is 2.98. The summed E-state index contributed by atoms with van der Waals surface area (Å²) in [6.07, 6.45) is 2.22. The number of nitrogens with one attached hydrogen (secondary N) is 1. The summed E-state index contributed by atoms with van der Waals surface area (Å²) < 4.78 is 10.4. The van der Waals surface area contributed by atoms with E-state index >= 15 is 0 Å². The molecule has 1 fully saturated rings. The van der Waals surface area contributed by atoms with Crippen LogP contribution < -0.4 is 14.8 Å². The second-order valence-electron chi connectivity index (χ2n) is 4.51. The maximum atomic E-state index is 11.9. The first-order valence-electron chi connectivity index (χ1n) is 6.48. The van der Waals surface area contributed by atoms with Gasteiger partial charge in [-0.1, -0.05) is 0 Å². The molecule has 19 heavy (non-hydrogen) atoms. The molecule has 0 bridgehead atoms. The summed E-state index contributed by atoms with van der Waals surface area (Å²) in [7, 11) is 3.21. The molecular weight excluding hydrogens is 244 g/mol. The SMILES string of the molecule is COc1ccc(NCC(=O)N2CCCC2)c(OC)c1. The first-order valence-corrected chi connectivity index (χ1v) is 6.48. The summed E-state index contributed by atoms with van der Waals surface area (Å²) in [5.41, 5.74) is 0.802. The molecule has 0 atom stereocenters. The molecule has 104 valence electrons. The van der Waals surface area contributed by atoms with Crippen LogP contribution in [0.4, 0.5) is 5.69 Å². The zero-order valence-electron chi connectivity index (χ0n) is 11.4. The molecule has 0 unspecified atom stereocenters. The maximum absolute atomic E-state index is 11.9. The van der Waals surface area contributed by atoms with Crippen molar-refractivity contribution < 1.29 is 14.3 Å². The lowest BCUT2D eigenvalue weighted by Gasteiger charge is -2.17. The van der Waals surface area contributed by atoms with E-state index in [1.54, 1.807) is 20.3 Å². The molecule has 1 saturated heterocycles. The Balaban J connectivity index is 1.96. The highest BCUT2D eigenvalue weighted by Gasteiger charge is 2.17. The number of benzene rings is 1. The molecular formula is C14H20N2O3. The fourth-order valence-electron chi connectivity index (χ4n) is 2.19. The number of hydrogen-bond acceptors (Lipinski definition) is 4. The molecule has 1 heterocycles. The van der Waals surface area contributed by atoms with Gasteiger partial charge in [0.25, 0.3) is 0 Å². The van der Waals surface area contributed by atoms with Gasteiger partial charge in [-0.25, -0.2) is 0 Å². The third-order valence-corrected chi connectivity index (χ3v) is 3.30. The molecule has 1 aliphatic heterocycles. The van der Waals surface area contributed by atoms with Crippen molar-refractivity contribution in [3.63, 3.8) is 0 Å². The molecule has 0 saturated carbocycles. The van der Waals surface area contributed by atoms with Crippen molar-refractivity contribution in [3.8, 4) is 11.5 Å². The molecule has 5 nitrogen and oxygen atoms in total. The van der Waals surface area contributed by atoms with Crippen molar-refractivity contribution in [3.05, 3.63) is 18.2 Å². The number of carbonyl (C=O) groups is 1. The van der Waals surface area contributed by atoms with Crippen molar-refractivity contribution >= 4 is 11.6 Å². The molecule has 1 N–H and O–H groups in total. The van der Waals surface area contributed by atoms with E-state index in [1.165, 1.54) is 0 Å². The highest BCUT2D eigenvalue weighted by atomic mass is 16.5. The van der Waals surface area contributed by atoms with Crippen molar-refractivity contribution in [2.45, 2.75) is 12.8 Å². The van der Waals surface area contributed by atoms with Crippen LogP contribution in [0, 0.1) is 0 Å². The highest BCUT2D eigenvalue weighted by Crippen LogP contribution is 2.28. The quantitative estimate of drug-likeness (QED) is 0.880. The number of likely N-dealkylation sites (tertiary alicyclic amines) is 1. The number of ether oxygens (including phenoxy) is 2. The third-order valence-electron chi connectivity index (χ3n) is 3.30. The second kappa shape index (κ2) is 6.31. The summed E-state index contributed by atoms with van der Waals surface area (Å²) >= 11 is 0. The van der Waals surface area contributed by atoms with Crippen LogP contribution >= 0.6 is 0 Å².